The van der Waals surface area contributed by atoms with Crippen LogP contribution in [0.5, 0.6) is 0 Å². The lowest BCUT2D eigenvalue weighted by atomic mass is 10.3. The number of amides is 1. The highest BCUT2D eigenvalue weighted by atomic mass is 16.7. The van der Waals surface area contributed by atoms with Gasteiger partial charge in [-0.2, -0.15) is 0 Å². The van der Waals surface area contributed by atoms with Crippen LogP contribution in [0.3, 0.4) is 0 Å². The first-order valence-electron chi connectivity index (χ1n) is 4.33. The van der Waals surface area contributed by atoms with Crippen LogP contribution in [0.15, 0.2) is 0 Å². The molecule has 1 fully saturated rings. The summed E-state index contributed by atoms with van der Waals surface area (Å²) >= 11 is 0. The molecule has 0 radical (unpaired) electrons. The number of aliphatic hydroxyl groups excluding tert-OH is 1. The third-order valence-corrected chi connectivity index (χ3v) is 2.01. The molecule has 1 rings (SSSR count). The van der Waals surface area contributed by atoms with Crippen molar-refractivity contribution < 1.29 is 14.7 Å². The Morgan fingerprint density at radius 2 is 2.17 bits per heavy atom. The van der Waals surface area contributed by atoms with Crippen LogP contribution in [-0.2, 0) is 9.63 Å². The van der Waals surface area contributed by atoms with Crippen molar-refractivity contribution in [1.29, 1.82) is 0 Å². The summed E-state index contributed by atoms with van der Waals surface area (Å²) in [6.45, 7) is 1.41. The van der Waals surface area contributed by atoms with Gasteiger partial charge in [-0.05, 0) is 19.8 Å². The summed E-state index contributed by atoms with van der Waals surface area (Å²) in [6, 6.07) is 0. The molecule has 1 aliphatic rings. The van der Waals surface area contributed by atoms with E-state index in [0.29, 0.717) is 0 Å². The van der Waals surface area contributed by atoms with E-state index in [-0.39, 0.29) is 6.10 Å². The number of hydroxylamine groups is 1. The van der Waals surface area contributed by atoms with Gasteiger partial charge >= 0.3 is 0 Å². The standard InChI is InChI=1S/C8H15NO3/c1-6(10)8(11)9-12-7-4-2-3-5-7/h6-7,10H,2-5H2,1H3,(H,9,11)/t6-/m1/s1. The number of aliphatic hydroxyl groups is 1. The summed E-state index contributed by atoms with van der Waals surface area (Å²) in [5.74, 6) is -0.470. The minimum Gasteiger partial charge on any atom is -0.383 e. The van der Waals surface area contributed by atoms with E-state index in [4.69, 9.17) is 9.94 Å². The molecule has 1 aliphatic carbocycles. The zero-order valence-corrected chi connectivity index (χ0v) is 7.25. The second-order valence-electron chi connectivity index (χ2n) is 3.17. The Morgan fingerprint density at radius 1 is 1.58 bits per heavy atom. The molecule has 1 saturated carbocycles. The molecule has 1 atom stereocenters. The van der Waals surface area contributed by atoms with Crippen LogP contribution in [0.1, 0.15) is 32.6 Å². The minimum atomic E-state index is -0.994. The molecule has 0 bridgehead atoms. The van der Waals surface area contributed by atoms with Crippen LogP contribution in [0.4, 0.5) is 0 Å². The molecule has 0 aromatic rings. The van der Waals surface area contributed by atoms with E-state index in [1.165, 1.54) is 6.92 Å². The molecular weight excluding hydrogens is 158 g/mol. The maximum Gasteiger partial charge on any atom is 0.272 e. The van der Waals surface area contributed by atoms with Crippen molar-refractivity contribution >= 4 is 5.91 Å². The SMILES string of the molecule is C[C@@H](O)C(=O)NOC1CCCC1. The molecule has 70 valence electrons. The molecule has 0 heterocycles. The second-order valence-corrected chi connectivity index (χ2v) is 3.17. The number of carbonyl (C=O) groups excluding carboxylic acids is 1. The maximum atomic E-state index is 10.8. The number of carbonyl (C=O) groups is 1. The third-order valence-electron chi connectivity index (χ3n) is 2.01. The Kier molecular flexibility index (Phi) is 3.49. The largest absolute Gasteiger partial charge is 0.383 e. The van der Waals surface area contributed by atoms with Gasteiger partial charge in [-0.25, -0.2) is 5.48 Å². The van der Waals surface area contributed by atoms with E-state index in [0.717, 1.165) is 25.7 Å². The smallest absolute Gasteiger partial charge is 0.272 e. The molecule has 2 N–H and O–H groups in total. The quantitative estimate of drug-likeness (QED) is 0.606. The van der Waals surface area contributed by atoms with Crippen molar-refractivity contribution in [1.82, 2.24) is 5.48 Å². The number of hydrogen-bond acceptors (Lipinski definition) is 3. The third kappa shape index (κ3) is 2.79. The van der Waals surface area contributed by atoms with Crippen molar-refractivity contribution in [2.45, 2.75) is 44.8 Å². The van der Waals surface area contributed by atoms with Crippen molar-refractivity contribution in [3.8, 4) is 0 Å². The lowest BCUT2D eigenvalue weighted by Gasteiger charge is -2.11. The van der Waals surface area contributed by atoms with Gasteiger partial charge in [0.15, 0.2) is 0 Å². The average molecular weight is 173 g/mol. The molecule has 0 unspecified atom stereocenters. The van der Waals surface area contributed by atoms with Crippen molar-refractivity contribution in [3.63, 3.8) is 0 Å². The van der Waals surface area contributed by atoms with Crippen molar-refractivity contribution in [2.24, 2.45) is 0 Å². The highest BCUT2D eigenvalue weighted by Crippen LogP contribution is 2.19. The topological polar surface area (TPSA) is 58.6 Å². The van der Waals surface area contributed by atoms with Gasteiger partial charge in [0.2, 0.25) is 0 Å². The van der Waals surface area contributed by atoms with E-state index in [1.807, 2.05) is 0 Å². The van der Waals surface area contributed by atoms with E-state index < -0.39 is 12.0 Å². The van der Waals surface area contributed by atoms with Gasteiger partial charge in [0, 0.05) is 0 Å². The molecule has 4 nitrogen and oxygen atoms in total. The highest BCUT2D eigenvalue weighted by molar-refractivity contribution is 5.78. The molecule has 1 amide bonds. The summed E-state index contributed by atoms with van der Waals surface area (Å²) < 4.78 is 0. The van der Waals surface area contributed by atoms with E-state index in [9.17, 15) is 4.79 Å². The molecular formula is C8H15NO3. The summed E-state index contributed by atoms with van der Waals surface area (Å²) in [6.07, 6.45) is 3.48. The summed E-state index contributed by atoms with van der Waals surface area (Å²) in [4.78, 5) is 15.9. The van der Waals surface area contributed by atoms with Gasteiger partial charge in [0.1, 0.15) is 6.10 Å². The van der Waals surface area contributed by atoms with Gasteiger partial charge in [0.05, 0.1) is 6.10 Å². The summed E-state index contributed by atoms with van der Waals surface area (Å²) in [5, 5.41) is 8.80. The normalized spacial score (nSPS) is 20.8. The first kappa shape index (κ1) is 9.48. The number of hydrogen-bond donors (Lipinski definition) is 2. The lowest BCUT2D eigenvalue weighted by Crippen LogP contribution is -2.35. The molecule has 4 heteroatoms. The van der Waals surface area contributed by atoms with Crippen LogP contribution in [0.2, 0.25) is 0 Å². The zero-order chi connectivity index (χ0) is 8.97. The van der Waals surface area contributed by atoms with Gasteiger partial charge in [-0.3, -0.25) is 9.63 Å². The fraction of sp³-hybridized carbons (Fsp3) is 0.875. The van der Waals surface area contributed by atoms with E-state index in [2.05, 4.69) is 5.48 Å². The van der Waals surface area contributed by atoms with Crippen LogP contribution in [0.25, 0.3) is 0 Å². The van der Waals surface area contributed by atoms with E-state index in [1.54, 1.807) is 0 Å². The maximum absolute atomic E-state index is 10.8. The first-order chi connectivity index (χ1) is 5.70. The Labute approximate surface area is 71.9 Å². The fourth-order valence-corrected chi connectivity index (χ4v) is 1.23. The molecule has 0 aliphatic heterocycles. The molecule has 0 aromatic carbocycles. The van der Waals surface area contributed by atoms with Crippen molar-refractivity contribution in [2.75, 3.05) is 0 Å². The Bertz CT molecular complexity index is 152. The van der Waals surface area contributed by atoms with Gasteiger partial charge in [-0.1, -0.05) is 12.8 Å². The monoisotopic (exact) mass is 173 g/mol. The molecule has 12 heavy (non-hydrogen) atoms. The van der Waals surface area contributed by atoms with Gasteiger partial charge in [0.25, 0.3) is 5.91 Å². The second kappa shape index (κ2) is 4.42. The Morgan fingerprint density at radius 3 is 2.67 bits per heavy atom. The fourth-order valence-electron chi connectivity index (χ4n) is 1.23. The number of nitrogens with one attached hydrogen (secondary N) is 1. The van der Waals surface area contributed by atoms with Crippen LogP contribution in [-0.4, -0.2) is 23.2 Å². The van der Waals surface area contributed by atoms with E-state index >= 15 is 0 Å². The Balaban J connectivity index is 2.12. The predicted octanol–water partition coefficient (Wildman–Crippen LogP) is 0.358. The first-order valence-corrected chi connectivity index (χ1v) is 4.33. The lowest BCUT2D eigenvalue weighted by molar-refractivity contribution is -0.145. The highest BCUT2D eigenvalue weighted by Gasteiger charge is 2.17. The molecule has 0 saturated heterocycles. The number of rotatable bonds is 3. The predicted molar refractivity (Wildman–Crippen MR) is 43.2 cm³/mol. The van der Waals surface area contributed by atoms with Crippen LogP contribution < -0.4 is 5.48 Å². The van der Waals surface area contributed by atoms with Crippen molar-refractivity contribution in [3.05, 3.63) is 0 Å². The van der Waals surface area contributed by atoms with Crippen LogP contribution in [0, 0.1) is 0 Å². The minimum absolute atomic E-state index is 0.146. The molecule has 0 spiro atoms. The summed E-state index contributed by atoms with van der Waals surface area (Å²) in [5.41, 5.74) is 2.24. The average Bonchev–Trinajstić information content (AvgIpc) is 2.51. The Hall–Kier alpha value is -0.610. The van der Waals surface area contributed by atoms with Gasteiger partial charge in [-0.15, -0.1) is 0 Å². The molecule has 0 aromatic heterocycles. The zero-order valence-electron chi connectivity index (χ0n) is 7.25. The van der Waals surface area contributed by atoms with Crippen LogP contribution >= 0.6 is 0 Å². The summed E-state index contributed by atoms with van der Waals surface area (Å²) in [7, 11) is 0. The van der Waals surface area contributed by atoms with Gasteiger partial charge < -0.3 is 5.11 Å².